The number of benzene rings is 4. The minimum atomic E-state index is -4.19. The molecule has 0 saturated carbocycles. The molecule has 4 aromatic rings. The normalized spacial score (nSPS) is 11.8. The van der Waals surface area contributed by atoms with Crippen molar-refractivity contribution in [2.45, 2.75) is 37.8 Å². The van der Waals surface area contributed by atoms with Crippen molar-refractivity contribution in [3.05, 3.63) is 119 Å². The second-order valence-corrected chi connectivity index (χ2v) is 12.6. The zero-order chi connectivity index (χ0) is 31.7. The molecule has 0 heterocycles. The van der Waals surface area contributed by atoms with E-state index >= 15 is 0 Å². The number of carbonyl (C=O) groups excluding carboxylic acids is 2. The maximum atomic E-state index is 14.0. The highest BCUT2D eigenvalue weighted by molar-refractivity contribution is 7.92. The van der Waals surface area contributed by atoms with Gasteiger partial charge in [0.25, 0.3) is 10.0 Å². The summed E-state index contributed by atoms with van der Waals surface area (Å²) in [5, 5.41) is 3.46. The van der Waals surface area contributed by atoms with Crippen molar-refractivity contribution in [2.75, 3.05) is 17.4 Å². The first-order chi connectivity index (χ1) is 21.1. The maximum absolute atomic E-state index is 14.0. The fourth-order valence-corrected chi connectivity index (χ4v) is 6.12. The van der Waals surface area contributed by atoms with Gasteiger partial charge in [0.15, 0.2) is 0 Å². The Morgan fingerprint density at radius 3 is 2.07 bits per heavy atom. The van der Waals surface area contributed by atoms with E-state index in [1.165, 1.54) is 17.0 Å². The first-order valence-electron chi connectivity index (χ1n) is 14.0. The third-order valence-electron chi connectivity index (χ3n) is 6.77. The van der Waals surface area contributed by atoms with Crippen molar-refractivity contribution in [3.63, 3.8) is 0 Å². The number of sulfonamides is 1. The molecular weight excluding hydrogens is 621 g/mol. The molecule has 44 heavy (non-hydrogen) atoms. The summed E-state index contributed by atoms with van der Waals surface area (Å²) in [4.78, 5) is 28.4. The van der Waals surface area contributed by atoms with Gasteiger partial charge in [-0.3, -0.25) is 13.9 Å². The van der Waals surface area contributed by atoms with Gasteiger partial charge in [0, 0.05) is 13.1 Å². The Balaban J connectivity index is 1.69. The molecule has 0 aliphatic carbocycles. The Hall–Kier alpha value is -4.05. The number of nitrogens with zero attached hydrogens (tertiary/aromatic N) is 2. The number of para-hydroxylation sites is 1. The van der Waals surface area contributed by atoms with E-state index in [1.54, 1.807) is 79.7 Å². The molecule has 0 spiro atoms. The molecule has 0 aliphatic heterocycles. The van der Waals surface area contributed by atoms with Gasteiger partial charge in [-0.15, -0.1) is 0 Å². The third kappa shape index (κ3) is 8.31. The molecule has 1 N–H and O–H groups in total. The van der Waals surface area contributed by atoms with Crippen LogP contribution in [0.1, 0.15) is 25.8 Å². The van der Waals surface area contributed by atoms with Crippen LogP contribution in [0.3, 0.4) is 0 Å². The number of anilines is 1. The first-order valence-corrected chi connectivity index (χ1v) is 16.2. The Morgan fingerprint density at radius 2 is 1.45 bits per heavy atom. The highest BCUT2D eigenvalue weighted by Crippen LogP contribution is 2.29. The molecular formula is C33H33Cl2N3O5S. The molecule has 2 amide bonds. The second-order valence-electron chi connectivity index (χ2n) is 9.97. The van der Waals surface area contributed by atoms with Gasteiger partial charge in [-0.25, -0.2) is 8.42 Å². The van der Waals surface area contributed by atoms with Crippen LogP contribution in [0.4, 0.5) is 5.69 Å². The molecule has 0 aromatic heterocycles. The molecule has 4 rings (SSSR count). The average Bonchev–Trinajstić information content (AvgIpc) is 3.03. The molecule has 1 unspecified atom stereocenters. The largest absolute Gasteiger partial charge is 0.457 e. The highest BCUT2D eigenvalue weighted by atomic mass is 35.5. The first kappa shape index (κ1) is 32.9. The van der Waals surface area contributed by atoms with Crippen LogP contribution < -0.4 is 14.4 Å². The molecule has 0 aliphatic rings. The quantitative estimate of drug-likeness (QED) is 0.169. The summed E-state index contributed by atoms with van der Waals surface area (Å²) in [6, 6.07) is 27.5. The number of amides is 2. The van der Waals surface area contributed by atoms with Crippen molar-refractivity contribution in [2.24, 2.45) is 0 Å². The van der Waals surface area contributed by atoms with Crippen LogP contribution in [0.15, 0.2) is 108 Å². The zero-order valence-corrected chi connectivity index (χ0v) is 26.6. The predicted molar refractivity (Wildman–Crippen MR) is 174 cm³/mol. The van der Waals surface area contributed by atoms with E-state index in [-0.39, 0.29) is 23.0 Å². The molecule has 4 aromatic carbocycles. The van der Waals surface area contributed by atoms with Gasteiger partial charge in [-0.05, 0) is 79.6 Å². The Bertz CT molecular complexity index is 1670. The van der Waals surface area contributed by atoms with E-state index in [2.05, 4.69) is 5.32 Å². The molecule has 8 nitrogen and oxygen atoms in total. The zero-order valence-electron chi connectivity index (χ0n) is 24.3. The number of hydrogen-bond donors (Lipinski definition) is 1. The van der Waals surface area contributed by atoms with Crippen LogP contribution in [0.5, 0.6) is 11.5 Å². The molecule has 0 radical (unpaired) electrons. The van der Waals surface area contributed by atoms with Gasteiger partial charge in [0.05, 0.1) is 20.6 Å². The van der Waals surface area contributed by atoms with Crippen molar-refractivity contribution in [1.82, 2.24) is 10.2 Å². The van der Waals surface area contributed by atoms with Crippen LogP contribution >= 0.6 is 23.2 Å². The number of halogens is 2. The van der Waals surface area contributed by atoms with Gasteiger partial charge in [-0.2, -0.15) is 0 Å². The Kier molecular flexibility index (Phi) is 11.3. The predicted octanol–water partition coefficient (Wildman–Crippen LogP) is 6.92. The maximum Gasteiger partial charge on any atom is 0.264 e. The Labute approximate surface area is 268 Å². The molecule has 11 heteroatoms. The van der Waals surface area contributed by atoms with Crippen LogP contribution in [-0.4, -0.2) is 44.3 Å². The summed E-state index contributed by atoms with van der Waals surface area (Å²) in [5.41, 5.74) is 0.878. The van der Waals surface area contributed by atoms with Crippen LogP contribution in [-0.2, 0) is 26.2 Å². The number of carbonyl (C=O) groups is 2. The van der Waals surface area contributed by atoms with Crippen molar-refractivity contribution in [1.29, 1.82) is 0 Å². The van der Waals surface area contributed by atoms with Crippen LogP contribution in [0.25, 0.3) is 0 Å². The third-order valence-corrected chi connectivity index (χ3v) is 9.29. The number of nitrogens with one attached hydrogen (secondary N) is 1. The lowest BCUT2D eigenvalue weighted by Gasteiger charge is -2.32. The van der Waals surface area contributed by atoms with E-state index in [0.717, 1.165) is 4.31 Å². The van der Waals surface area contributed by atoms with Crippen molar-refractivity contribution >= 4 is 50.7 Å². The van der Waals surface area contributed by atoms with Crippen molar-refractivity contribution < 1.29 is 22.7 Å². The molecule has 0 bridgehead atoms. The fraction of sp³-hybridized carbons (Fsp3) is 0.212. The summed E-state index contributed by atoms with van der Waals surface area (Å²) in [6.07, 6.45) is 0.715. The second kappa shape index (κ2) is 15.1. The lowest BCUT2D eigenvalue weighted by atomic mass is 10.1. The summed E-state index contributed by atoms with van der Waals surface area (Å²) >= 11 is 12.3. The fourth-order valence-electron chi connectivity index (χ4n) is 4.37. The van der Waals surface area contributed by atoms with Gasteiger partial charge in [-0.1, -0.05) is 72.6 Å². The minimum absolute atomic E-state index is 0.000484. The smallest absolute Gasteiger partial charge is 0.264 e. The summed E-state index contributed by atoms with van der Waals surface area (Å²) in [6.45, 7) is 3.39. The van der Waals surface area contributed by atoms with E-state index in [1.807, 2.05) is 25.1 Å². The lowest BCUT2D eigenvalue weighted by Crippen LogP contribution is -2.51. The number of hydrogen-bond acceptors (Lipinski definition) is 5. The summed E-state index contributed by atoms with van der Waals surface area (Å²) < 4.78 is 34.8. The van der Waals surface area contributed by atoms with E-state index in [4.69, 9.17) is 27.9 Å². The average molecular weight is 655 g/mol. The molecule has 230 valence electrons. The lowest BCUT2D eigenvalue weighted by molar-refractivity contribution is -0.139. The summed E-state index contributed by atoms with van der Waals surface area (Å²) in [7, 11) is -4.19. The number of ether oxygens (including phenoxy) is 1. The van der Waals surface area contributed by atoms with E-state index in [0.29, 0.717) is 40.1 Å². The monoisotopic (exact) mass is 653 g/mol. The van der Waals surface area contributed by atoms with Crippen molar-refractivity contribution in [3.8, 4) is 11.5 Å². The molecule has 0 fully saturated rings. The summed E-state index contributed by atoms with van der Waals surface area (Å²) in [5.74, 6) is 0.169. The highest BCUT2D eigenvalue weighted by Gasteiger charge is 2.32. The molecule has 1 atom stereocenters. The molecule has 0 saturated heterocycles. The van der Waals surface area contributed by atoms with E-state index in [9.17, 15) is 18.0 Å². The topological polar surface area (TPSA) is 96.0 Å². The van der Waals surface area contributed by atoms with E-state index < -0.39 is 28.5 Å². The van der Waals surface area contributed by atoms with Gasteiger partial charge < -0.3 is 15.0 Å². The SMILES string of the molecule is CCCNC(=O)C(C)N(Cc1ccc(Cl)c(Cl)c1)C(=O)CN(c1ccc(Oc2ccccc2)cc1)S(=O)(=O)c1ccccc1. The van der Waals surface area contributed by atoms with Crippen LogP contribution in [0.2, 0.25) is 10.0 Å². The van der Waals surface area contributed by atoms with Gasteiger partial charge in [0.1, 0.15) is 24.1 Å². The standard InChI is InChI=1S/C33H33Cl2N3O5S/c1-3-20-36-33(40)24(2)37(22-25-14-19-30(34)31(35)21-25)32(39)23-38(44(41,42)29-12-8-5-9-13-29)26-15-17-28(18-16-26)43-27-10-6-4-7-11-27/h4-19,21,24H,3,20,22-23H2,1-2H3,(H,36,40). The van der Waals surface area contributed by atoms with Gasteiger partial charge >= 0.3 is 0 Å². The van der Waals surface area contributed by atoms with Crippen LogP contribution in [0, 0.1) is 0 Å². The minimum Gasteiger partial charge on any atom is -0.457 e. The number of rotatable bonds is 13. The van der Waals surface area contributed by atoms with Gasteiger partial charge in [0.2, 0.25) is 11.8 Å². The Morgan fingerprint density at radius 1 is 0.841 bits per heavy atom.